The van der Waals surface area contributed by atoms with Crippen molar-refractivity contribution in [2.75, 3.05) is 19.3 Å². The number of rotatable bonds is 2. The van der Waals surface area contributed by atoms with Crippen molar-refractivity contribution in [3.63, 3.8) is 0 Å². The zero-order valence-corrected chi connectivity index (χ0v) is 13.6. The van der Waals surface area contributed by atoms with Crippen LogP contribution in [0, 0.1) is 5.41 Å². The molecule has 0 atom stereocenters. The molecule has 1 aliphatic rings. The number of piperidine rings is 1. The molecule has 0 N–H and O–H groups in total. The number of amides is 1. The Balaban J connectivity index is 2.02. The third-order valence-electron chi connectivity index (χ3n) is 3.51. The summed E-state index contributed by atoms with van der Waals surface area (Å²) < 4.78 is 27.9. The van der Waals surface area contributed by atoms with E-state index in [9.17, 15) is 13.2 Å². The van der Waals surface area contributed by atoms with Gasteiger partial charge in [0.2, 0.25) is 21.6 Å². The zero-order chi connectivity index (χ0) is 15.8. The van der Waals surface area contributed by atoms with Crippen molar-refractivity contribution < 1.29 is 17.6 Å². The molecule has 1 saturated heterocycles. The Bertz CT molecular complexity index is 622. The average Bonchev–Trinajstić information content (AvgIpc) is 2.86. The van der Waals surface area contributed by atoms with Crippen molar-refractivity contribution in [2.24, 2.45) is 5.41 Å². The van der Waals surface area contributed by atoms with Gasteiger partial charge in [-0.3, -0.25) is 4.79 Å². The Morgan fingerprint density at radius 1 is 1.24 bits per heavy atom. The highest BCUT2D eigenvalue weighted by molar-refractivity contribution is 7.90. The lowest BCUT2D eigenvalue weighted by molar-refractivity contribution is -0.140. The molecule has 0 bridgehead atoms. The Hall–Kier alpha value is -1.44. The number of hydrogen-bond donors (Lipinski definition) is 0. The number of nitrogens with zero attached hydrogens (tertiary/aromatic N) is 3. The van der Waals surface area contributed by atoms with Gasteiger partial charge in [0.25, 0.3) is 0 Å². The lowest BCUT2D eigenvalue weighted by Crippen LogP contribution is -2.43. The third-order valence-corrected chi connectivity index (χ3v) is 4.31. The Kier molecular flexibility index (Phi) is 4.10. The maximum absolute atomic E-state index is 12.2. The normalized spacial score (nSPS) is 18.0. The number of carbonyl (C=O) groups is 1. The van der Waals surface area contributed by atoms with Gasteiger partial charge < -0.3 is 9.32 Å². The fraction of sp³-hybridized carbons (Fsp3) is 0.769. The van der Waals surface area contributed by atoms with E-state index in [-0.39, 0.29) is 22.5 Å². The molecule has 0 unspecified atom stereocenters. The van der Waals surface area contributed by atoms with E-state index in [1.165, 1.54) is 0 Å². The van der Waals surface area contributed by atoms with Crippen LogP contribution in [0.5, 0.6) is 0 Å². The van der Waals surface area contributed by atoms with E-state index in [1.54, 1.807) is 0 Å². The lowest BCUT2D eigenvalue weighted by atomic mass is 9.91. The Morgan fingerprint density at radius 2 is 1.81 bits per heavy atom. The highest BCUT2D eigenvalue weighted by Crippen LogP contribution is 2.29. The number of hydrogen-bond acceptors (Lipinski definition) is 6. The van der Waals surface area contributed by atoms with Gasteiger partial charge in [-0.05, 0) is 12.8 Å². The Morgan fingerprint density at radius 3 is 2.24 bits per heavy atom. The van der Waals surface area contributed by atoms with Gasteiger partial charge in [-0.1, -0.05) is 25.9 Å². The summed E-state index contributed by atoms with van der Waals surface area (Å²) in [6, 6.07) is 0. The molecule has 0 radical (unpaired) electrons. The van der Waals surface area contributed by atoms with E-state index in [0.29, 0.717) is 31.8 Å². The van der Waals surface area contributed by atoms with Crippen molar-refractivity contribution >= 4 is 15.7 Å². The van der Waals surface area contributed by atoms with Crippen LogP contribution in [0.2, 0.25) is 0 Å². The number of sulfone groups is 1. The lowest BCUT2D eigenvalue weighted by Gasteiger charge is -2.34. The first-order valence-corrected chi connectivity index (χ1v) is 8.81. The van der Waals surface area contributed by atoms with Crippen LogP contribution in [0.4, 0.5) is 0 Å². The summed E-state index contributed by atoms with van der Waals surface area (Å²) in [6.45, 7) is 6.95. The predicted octanol–water partition coefficient (Wildman–Crippen LogP) is 1.23. The molecule has 2 heterocycles. The summed E-state index contributed by atoms with van der Waals surface area (Å²) in [5, 5.41) is 7.05. The quantitative estimate of drug-likeness (QED) is 0.814. The largest absolute Gasteiger partial charge is 0.412 e. The zero-order valence-electron chi connectivity index (χ0n) is 12.8. The molecular weight excluding hydrogens is 294 g/mol. The first-order chi connectivity index (χ1) is 9.59. The minimum atomic E-state index is -3.47. The Labute approximate surface area is 124 Å². The van der Waals surface area contributed by atoms with Crippen molar-refractivity contribution in [2.45, 2.75) is 44.8 Å². The van der Waals surface area contributed by atoms with Crippen LogP contribution in [0.3, 0.4) is 0 Å². The van der Waals surface area contributed by atoms with Gasteiger partial charge in [0, 0.05) is 30.7 Å². The van der Waals surface area contributed by atoms with Crippen LogP contribution in [0.15, 0.2) is 9.64 Å². The van der Waals surface area contributed by atoms with Crippen molar-refractivity contribution in [3.8, 4) is 0 Å². The van der Waals surface area contributed by atoms with E-state index in [0.717, 1.165) is 6.26 Å². The fourth-order valence-electron chi connectivity index (χ4n) is 2.34. The molecule has 118 valence electrons. The molecular formula is C13H21N3O4S. The molecule has 0 aliphatic carbocycles. The highest BCUT2D eigenvalue weighted by Gasteiger charge is 2.32. The molecule has 0 saturated carbocycles. The summed E-state index contributed by atoms with van der Waals surface area (Å²) in [4.78, 5) is 14.0. The maximum atomic E-state index is 12.2. The predicted molar refractivity (Wildman–Crippen MR) is 75.4 cm³/mol. The van der Waals surface area contributed by atoms with Crippen molar-refractivity contribution in [1.29, 1.82) is 0 Å². The van der Waals surface area contributed by atoms with E-state index in [1.807, 2.05) is 25.7 Å². The SMILES string of the molecule is CC(C)(C)C(=O)N1CCC(c2nnc(S(C)(=O)=O)o2)CC1. The topological polar surface area (TPSA) is 93.4 Å². The summed E-state index contributed by atoms with van der Waals surface area (Å²) in [6.07, 6.45) is 2.44. The van der Waals surface area contributed by atoms with Gasteiger partial charge in [-0.25, -0.2) is 8.42 Å². The molecule has 1 aromatic rings. The van der Waals surface area contributed by atoms with Crippen LogP contribution in [0.1, 0.15) is 45.4 Å². The van der Waals surface area contributed by atoms with Gasteiger partial charge in [0.05, 0.1) is 0 Å². The molecule has 1 amide bonds. The first kappa shape index (κ1) is 15.9. The maximum Gasteiger partial charge on any atom is 0.335 e. The van der Waals surface area contributed by atoms with Gasteiger partial charge in [-0.2, -0.15) is 0 Å². The van der Waals surface area contributed by atoms with Crippen LogP contribution < -0.4 is 0 Å². The van der Waals surface area contributed by atoms with E-state index in [4.69, 9.17) is 4.42 Å². The van der Waals surface area contributed by atoms with Crippen molar-refractivity contribution in [1.82, 2.24) is 15.1 Å². The molecule has 21 heavy (non-hydrogen) atoms. The third kappa shape index (κ3) is 3.61. The number of aromatic nitrogens is 2. The van der Waals surface area contributed by atoms with E-state index in [2.05, 4.69) is 10.2 Å². The number of carbonyl (C=O) groups excluding carboxylic acids is 1. The molecule has 7 nitrogen and oxygen atoms in total. The summed E-state index contributed by atoms with van der Waals surface area (Å²) in [5.41, 5.74) is -0.388. The van der Waals surface area contributed by atoms with Gasteiger partial charge in [0.15, 0.2) is 0 Å². The standard InChI is InChI=1S/C13H21N3O4S/c1-13(2,3)11(17)16-7-5-9(6-8-16)10-14-15-12(20-10)21(4,18)19/h9H,5-8H2,1-4H3. The van der Waals surface area contributed by atoms with Crippen LogP contribution in [-0.4, -0.2) is 48.8 Å². The summed E-state index contributed by atoms with van der Waals surface area (Å²) in [7, 11) is -3.47. The molecule has 1 aromatic heterocycles. The number of likely N-dealkylation sites (tertiary alicyclic amines) is 1. The minimum Gasteiger partial charge on any atom is -0.412 e. The molecule has 8 heteroatoms. The first-order valence-electron chi connectivity index (χ1n) is 6.92. The molecule has 1 aliphatic heterocycles. The molecule has 0 spiro atoms. The van der Waals surface area contributed by atoms with Crippen LogP contribution in [-0.2, 0) is 14.6 Å². The minimum absolute atomic E-state index is 0.0111. The van der Waals surface area contributed by atoms with Crippen LogP contribution in [0.25, 0.3) is 0 Å². The second kappa shape index (κ2) is 5.40. The van der Waals surface area contributed by atoms with Gasteiger partial charge in [0.1, 0.15) is 0 Å². The summed E-state index contributed by atoms with van der Waals surface area (Å²) >= 11 is 0. The van der Waals surface area contributed by atoms with E-state index < -0.39 is 9.84 Å². The second-order valence-corrected chi connectivity index (χ2v) is 8.39. The van der Waals surface area contributed by atoms with E-state index >= 15 is 0 Å². The molecule has 0 aromatic carbocycles. The molecule has 1 fully saturated rings. The van der Waals surface area contributed by atoms with Crippen LogP contribution >= 0.6 is 0 Å². The van der Waals surface area contributed by atoms with Gasteiger partial charge in [-0.15, -0.1) is 5.10 Å². The van der Waals surface area contributed by atoms with Gasteiger partial charge >= 0.3 is 5.22 Å². The fourth-order valence-corrected chi connectivity index (χ4v) is 2.76. The summed E-state index contributed by atoms with van der Waals surface area (Å²) in [5.74, 6) is 0.485. The molecule has 2 rings (SSSR count). The smallest absolute Gasteiger partial charge is 0.335 e. The average molecular weight is 315 g/mol. The second-order valence-electron chi connectivity index (χ2n) is 6.49. The van der Waals surface area contributed by atoms with Crippen molar-refractivity contribution in [3.05, 3.63) is 5.89 Å². The monoisotopic (exact) mass is 315 g/mol. The highest BCUT2D eigenvalue weighted by atomic mass is 32.2.